The highest BCUT2D eigenvalue weighted by Gasteiger charge is 2.21. The third-order valence-electron chi connectivity index (χ3n) is 5.27. The van der Waals surface area contributed by atoms with Crippen molar-refractivity contribution in [2.75, 3.05) is 44.8 Å². The molecule has 0 spiro atoms. The van der Waals surface area contributed by atoms with Crippen molar-refractivity contribution in [3.8, 4) is 5.75 Å². The maximum atomic E-state index is 9.27. The molecule has 2 unspecified atom stereocenters. The number of methoxy groups -OCH3 is 1. The van der Waals surface area contributed by atoms with Crippen LogP contribution in [0.25, 0.3) is 0 Å². The van der Waals surface area contributed by atoms with Gasteiger partial charge in [-0.25, -0.2) is 0 Å². The van der Waals surface area contributed by atoms with Gasteiger partial charge in [-0.1, -0.05) is 19.4 Å². The average Bonchev–Trinajstić information content (AvgIpc) is 2.72. The fourth-order valence-corrected chi connectivity index (χ4v) is 3.79. The molecule has 1 fully saturated rings. The predicted molar refractivity (Wildman–Crippen MR) is 117 cm³/mol. The van der Waals surface area contributed by atoms with Gasteiger partial charge in [-0.15, -0.1) is 0 Å². The van der Waals surface area contributed by atoms with Gasteiger partial charge in [0.25, 0.3) is 0 Å². The first-order valence-electron chi connectivity index (χ1n) is 10.7. The van der Waals surface area contributed by atoms with Crippen molar-refractivity contribution in [2.24, 2.45) is 10.9 Å². The molecule has 1 aromatic rings. The Morgan fingerprint density at radius 2 is 2.21 bits per heavy atom. The van der Waals surface area contributed by atoms with E-state index in [-0.39, 0.29) is 6.61 Å². The molecule has 0 saturated carbocycles. The number of piperidine rings is 1. The second-order valence-corrected chi connectivity index (χ2v) is 7.52. The molecule has 1 aliphatic rings. The number of guanidine groups is 1. The van der Waals surface area contributed by atoms with Gasteiger partial charge in [0.1, 0.15) is 5.75 Å². The number of nitrogens with zero attached hydrogens (tertiary/aromatic N) is 2. The number of aliphatic hydroxyl groups is 1. The van der Waals surface area contributed by atoms with Crippen LogP contribution in [0.4, 0.5) is 5.69 Å². The van der Waals surface area contributed by atoms with Gasteiger partial charge in [0, 0.05) is 50.6 Å². The van der Waals surface area contributed by atoms with Crippen molar-refractivity contribution in [2.45, 2.75) is 52.0 Å². The molecule has 0 aliphatic carbocycles. The summed E-state index contributed by atoms with van der Waals surface area (Å²) >= 11 is 0. The van der Waals surface area contributed by atoms with E-state index in [1.54, 1.807) is 7.11 Å². The number of hydrogen-bond acceptors (Lipinski definition) is 4. The zero-order valence-electron chi connectivity index (χ0n) is 17.8. The van der Waals surface area contributed by atoms with E-state index in [2.05, 4.69) is 41.5 Å². The second kappa shape index (κ2) is 12.5. The van der Waals surface area contributed by atoms with Gasteiger partial charge < -0.3 is 25.4 Å². The number of rotatable bonds is 10. The lowest BCUT2D eigenvalue weighted by Gasteiger charge is -2.35. The highest BCUT2D eigenvalue weighted by Crippen LogP contribution is 2.24. The van der Waals surface area contributed by atoms with E-state index in [4.69, 9.17) is 9.73 Å². The molecule has 1 saturated heterocycles. The van der Waals surface area contributed by atoms with Crippen LogP contribution in [0.1, 0.15) is 46.0 Å². The first-order chi connectivity index (χ1) is 13.7. The number of benzene rings is 1. The molecule has 1 aromatic carbocycles. The summed E-state index contributed by atoms with van der Waals surface area (Å²) in [5.41, 5.74) is 1.21. The van der Waals surface area contributed by atoms with Gasteiger partial charge in [0.15, 0.2) is 5.96 Å². The van der Waals surface area contributed by atoms with Crippen LogP contribution in [0.5, 0.6) is 5.75 Å². The van der Waals surface area contributed by atoms with E-state index in [1.807, 2.05) is 12.1 Å². The molecule has 0 bridgehead atoms. The minimum Gasteiger partial charge on any atom is -0.497 e. The van der Waals surface area contributed by atoms with Crippen LogP contribution >= 0.6 is 0 Å². The van der Waals surface area contributed by atoms with Gasteiger partial charge in [0.2, 0.25) is 0 Å². The summed E-state index contributed by atoms with van der Waals surface area (Å²) in [6.07, 6.45) is 5.35. The Kier molecular flexibility index (Phi) is 9.97. The average molecular weight is 391 g/mol. The highest BCUT2D eigenvalue weighted by molar-refractivity contribution is 5.80. The summed E-state index contributed by atoms with van der Waals surface area (Å²) < 4.78 is 5.37. The maximum absolute atomic E-state index is 9.27. The van der Waals surface area contributed by atoms with Crippen LogP contribution in [0, 0.1) is 5.92 Å². The van der Waals surface area contributed by atoms with E-state index < -0.39 is 0 Å². The van der Waals surface area contributed by atoms with Gasteiger partial charge in [-0.05, 0) is 50.7 Å². The van der Waals surface area contributed by atoms with Crippen molar-refractivity contribution in [3.05, 3.63) is 24.3 Å². The lowest BCUT2D eigenvalue weighted by atomic mass is 10.0. The molecule has 1 aliphatic heterocycles. The molecular formula is C22H38N4O2. The van der Waals surface area contributed by atoms with Crippen LogP contribution < -0.4 is 20.3 Å². The molecule has 6 heteroatoms. The molecule has 0 aromatic heterocycles. The first-order valence-corrected chi connectivity index (χ1v) is 10.7. The predicted octanol–water partition coefficient (Wildman–Crippen LogP) is 3.02. The van der Waals surface area contributed by atoms with Gasteiger partial charge >= 0.3 is 0 Å². The lowest BCUT2D eigenvalue weighted by Crippen LogP contribution is -2.51. The molecule has 158 valence electrons. The zero-order valence-corrected chi connectivity index (χ0v) is 17.8. The van der Waals surface area contributed by atoms with Gasteiger partial charge in [0.05, 0.1) is 7.11 Å². The summed E-state index contributed by atoms with van der Waals surface area (Å²) in [6, 6.07) is 8.64. The Balaban J connectivity index is 1.98. The largest absolute Gasteiger partial charge is 0.497 e. The van der Waals surface area contributed by atoms with Gasteiger partial charge in [-0.2, -0.15) is 0 Å². The number of nitrogens with one attached hydrogen (secondary N) is 2. The second-order valence-electron chi connectivity index (χ2n) is 7.52. The molecule has 3 N–H and O–H groups in total. The minimum atomic E-state index is 0.238. The molecule has 0 radical (unpaired) electrons. The highest BCUT2D eigenvalue weighted by atomic mass is 16.5. The normalized spacial score (nSPS) is 18.6. The number of aliphatic imine (C=N–C) groups is 1. The summed E-state index contributed by atoms with van der Waals surface area (Å²) in [6.45, 7) is 8.14. The number of ether oxygens (including phenoxy) is 1. The van der Waals surface area contributed by atoms with E-state index in [0.29, 0.717) is 12.0 Å². The monoisotopic (exact) mass is 390 g/mol. The van der Waals surface area contributed by atoms with Crippen molar-refractivity contribution in [1.82, 2.24) is 10.6 Å². The van der Waals surface area contributed by atoms with Crippen molar-refractivity contribution in [1.29, 1.82) is 0 Å². The zero-order chi connectivity index (χ0) is 20.2. The first kappa shape index (κ1) is 22.3. The Morgan fingerprint density at radius 1 is 1.36 bits per heavy atom. The Labute approximate surface area is 170 Å². The third kappa shape index (κ3) is 7.23. The van der Waals surface area contributed by atoms with Crippen LogP contribution in [0.3, 0.4) is 0 Å². The number of hydrogen-bond donors (Lipinski definition) is 3. The third-order valence-corrected chi connectivity index (χ3v) is 5.27. The van der Waals surface area contributed by atoms with Crippen LogP contribution in [0.2, 0.25) is 0 Å². The molecule has 2 rings (SSSR count). The Hall–Kier alpha value is -1.95. The molecule has 1 heterocycles. The molecular weight excluding hydrogens is 352 g/mol. The fraction of sp³-hybridized carbons (Fsp3) is 0.682. The molecule has 28 heavy (non-hydrogen) atoms. The molecule has 2 atom stereocenters. The van der Waals surface area contributed by atoms with Crippen LogP contribution in [-0.4, -0.2) is 57.0 Å². The van der Waals surface area contributed by atoms with Crippen LogP contribution in [-0.2, 0) is 0 Å². The van der Waals surface area contributed by atoms with E-state index in [0.717, 1.165) is 70.0 Å². The number of anilines is 1. The quantitative estimate of drug-likeness (QED) is 0.423. The lowest BCUT2D eigenvalue weighted by molar-refractivity contribution is 0.253. The van der Waals surface area contributed by atoms with Crippen LogP contribution in [0.15, 0.2) is 29.3 Å². The van der Waals surface area contributed by atoms with E-state index in [1.165, 1.54) is 5.69 Å². The standard InChI is InChI=1S/C22H38N4O2/c1-4-8-18(12-14-27)16-24-22(23-5-2)25-19-9-7-13-26(17-19)20-10-6-11-21(15-20)28-3/h6,10-11,15,18-19,27H,4-5,7-9,12-14,16-17H2,1-3H3,(H2,23,24,25). The minimum absolute atomic E-state index is 0.238. The van der Waals surface area contributed by atoms with Gasteiger partial charge in [-0.3, -0.25) is 4.99 Å². The summed E-state index contributed by atoms with van der Waals surface area (Å²) in [5.74, 6) is 2.23. The topological polar surface area (TPSA) is 69.1 Å². The number of aliphatic hydroxyl groups excluding tert-OH is 1. The molecule has 0 amide bonds. The Morgan fingerprint density at radius 3 is 2.93 bits per heavy atom. The van der Waals surface area contributed by atoms with E-state index >= 15 is 0 Å². The van der Waals surface area contributed by atoms with E-state index in [9.17, 15) is 5.11 Å². The maximum Gasteiger partial charge on any atom is 0.191 e. The van der Waals surface area contributed by atoms with Crippen molar-refractivity contribution < 1.29 is 9.84 Å². The Bertz CT molecular complexity index is 588. The SMILES string of the molecule is CCCC(CCO)CN=C(NCC)NC1CCCN(c2cccc(OC)c2)C1. The summed E-state index contributed by atoms with van der Waals surface area (Å²) in [5, 5.41) is 16.3. The van der Waals surface area contributed by atoms with Crippen molar-refractivity contribution >= 4 is 11.6 Å². The smallest absolute Gasteiger partial charge is 0.191 e. The molecule has 6 nitrogen and oxygen atoms in total. The summed E-state index contributed by atoms with van der Waals surface area (Å²) in [7, 11) is 1.71. The fourth-order valence-electron chi connectivity index (χ4n) is 3.79. The van der Waals surface area contributed by atoms with Crippen molar-refractivity contribution in [3.63, 3.8) is 0 Å². The summed E-state index contributed by atoms with van der Waals surface area (Å²) in [4.78, 5) is 7.23.